The van der Waals surface area contributed by atoms with Crippen LogP contribution < -0.4 is 10.0 Å². The van der Waals surface area contributed by atoms with Gasteiger partial charge in [0, 0.05) is 11.6 Å². The number of aromatic nitrogens is 2. The van der Waals surface area contributed by atoms with Gasteiger partial charge in [0.05, 0.1) is 22.0 Å². The molecule has 4 rings (SSSR count). The first kappa shape index (κ1) is 20.6. The highest BCUT2D eigenvalue weighted by molar-refractivity contribution is 7.89. The van der Waals surface area contributed by atoms with Crippen LogP contribution in [0.5, 0.6) is 0 Å². The van der Waals surface area contributed by atoms with Crippen LogP contribution in [0.2, 0.25) is 0 Å². The molecule has 2 unspecified atom stereocenters. The van der Waals surface area contributed by atoms with Crippen molar-refractivity contribution >= 4 is 27.0 Å². The quantitative estimate of drug-likeness (QED) is 0.513. The van der Waals surface area contributed by atoms with Gasteiger partial charge in [0.2, 0.25) is 10.0 Å². The van der Waals surface area contributed by atoms with E-state index in [1.165, 1.54) is 12.1 Å². The molecule has 1 aliphatic rings. The first-order chi connectivity index (χ1) is 14.4. The predicted octanol–water partition coefficient (Wildman–Crippen LogP) is 3.52. The van der Waals surface area contributed by atoms with Gasteiger partial charge in [-0.25, -0.2) is 18.1 Å². The number of carbonyl (C=O) groups excluding carboxylic acids is 1. The van der Waals surface area contributed by atoms with Crippen molar-refractivity contribution in [3.63, 3.8) is 0 Å². The number of amides is 1. The lowest BCUT2D eigenvalue weighted by molar-refractivity contribution is 0.0920. The van der Waals surface area contributed by atoms with E-state index >= 15 is 0 Å². The van der Waals surface area contributed by atoms with Crippen LogP contribution in [0.4, 0.5) is 0 Å². The number of H-pyrrole nitrogens is 1. The molecule has 1 saturated carbocycles. The van der Waals surface area contributed by atoms with Crippen LogP contribution in [0, 0.1) is 5.92 Å². The van der Waals surface area contributed by atoms with Crippen molar-refractivity contribution < 1.29 is 13.2 Å². The van der Waals surface area contributed by atoms with E-state index in [0.29, 0.717) is 11.4 Å². The number of sulfonamides is 1. The Morgan fingerprint density at radius 3 is 2.50 bits per heavy atom. The SMILES string of the molecule is CCC(C)C(NC(=O)c1ccc(S(=O)(=O)NC2CC2)cc1)c1nc2ccccc2[nH]1. The van der Waals surface area contributed by atoms with Crippen LogP contribution in [0.3, 0.4) is 0 Å². The molecule has 2 aromatic carbocycles. The van der Waals surface area contributed by atoms with Gasteiger partial charge < -0.3 is 10.3 Å². The summed E-state index contributed by atoms with van der Waals surface area (Å²) in [6.07, 6.45) is 2.61. The van der Waals surface area contributed by atoms with E-state index in [-0.39, 0.29) is 28.8 Å². The molecule has 1 amide bonds. The van der Waals surface area contributed by atoms with Crippen LogP contribution >= 0.6 is 0 Å². The largest absolute Gasteiger partial charge is 0.342 e. The number of hydrogen-bond acceptors (Lipinski definition) is 4. The second kappa shape index (κ2) is 8.20. The molecule has 0 spiro atoms. The first-order valence-electron chi connectivity index (χ1n) is 10.3. The zero-order chi connectivity index (χ0) is 21.3. The summed E-state index contributed by atoms with van der Waals surface area (Å²) in [6.45, 7) is 4.14. The number of fused-ring (bicyclic) bond motifs is 1. The Labute approximate surface area is 176 Å². The maximum absolute atomic E-state index is 12.9. The highest BCUT2D eigenvalue weighted by Crippen LogP contribution is 2.26. The van der Waals surface area contributed by atoms with Crippen molar-refractivity contribution in [1.82, 2.24) is 20.0 Å². The minimum atomic E-state index is -3.53. The average molecular weight is 427 g/mol. The summed E-state index contributed by atoms with van der Waals surface area (Å²) in [5, 5.41) is 3.06. The zero-order valence-corrected chi connectivity index (χ0v) is 17.9. The lowest BCUT2D eigenvalue weighted by atomic mass is 9.98. The second-order valence-electron chi connectivity index (χ2n) is 7.90. The number of nitrogens with zero attached hydrogens (tertiary/aromatic N) is 1. The molecule has 0 radical (unpaired) electrons. The zero-order valence-electron chi connectivity index (χ0n) is 17.1. The Morgan fingerprint density at radius 2 is 1.87 bits per heavy atom. The lowest BCUT2D eigenvalue weighted by Gasteiger charge is -2.22. The van der Waals surface area contributed by atoms with Gasteiger partial charge in [-0.3, -0.25) is 4.79 Å². The van der Waals surface area contributed by atoms with Gasteiger partial charge in [0.15, 0.2) is 0 Å². The van der Waals surface area contributed by atoms with E-state index in [9.17, 15) is 13.2 Å². The average Bonchev–Trinajstić information content (AvgIpc) is 3.44. The summed E-state index contributed by atoms with van der Waals surface area (Å²) in [4.78, 5) is 21.0. The van der Waals surface area contributed by atoms with Crippen molar-refractivity contribution in [1.29, 1.82) is 0 Å². The molecule has 0 saturated heterocycles. The number of rotatable bonds is 8. The molecular formula is C22H26N4O3S. The molecule has 0 aliphatic heterocycles. The Kier molecular flexibility index (Phi) is 5.62. The van der Waals surface area contributed by atoms with E-state index < -0.39 is 10.0 Å². The number of imidazole rings is 1. The van der Waals surface area contributed by atoms with Gasteiger partial charge in [-0.05, 0) is 55.2 Å². The molecule has 8 heteroatoms. The molecule has 2 atom stereocenters. The molecule has 0 bridgehead atoms. The summed E-state index contributed by atoms with van der Waals surface area (Å²) >= 11 is 0. The van der Waals surface area contributed by atoms with Crippen molar-refractivity contribution in [2.24, 2.45) is 5.92 Å². The minimum absolute atomic E-state index is 0.0399. The number of para-hydroxylation sites is 2. The fourth-order valence-corrected chi connectivity index (χ4v) is 4.64. The molecule has 158 valence electrons. The van der Waals surface area contributed by atoms with Crippen molar-refractivity contribution in [3.05, 3.63) is 59.9 Å². The highest BCUT2D eigenvalue weighted by Gasteiger charge is 2.28. The number of hydrogen-bond donors (Lipinski definition) is 3. The Bertz CT molecular complexity index is 1120. The van der Waals surface area contributed by atoms with Gasteiger partial charge in [0.1, 0.15) is 5.82 Å². The molecule has 3 aromatic rings. The summed E-state index contributed by atoms with van der Waals surface area (Å²) in [5.74, 6) is 0.614. The van der Waals surface area contributed by atoms with Crippen molar-refractivity contribution in [2.45, 2.75) is 50.1 Å². The van der Waals surface area contributed by atoms with Crippen LogP contribution in [0.1, 0.15) is 55.3 Å². The van der Waals surface area contributed by atoms with Gasteiger partial charge in [-0.15, -0.1) is 0 Å². The summed E-state index contributed by atoms with van der Waals surface area (Å²) in [6, 6.07) is 13.5. The van der Waals surface area contributed by atoms with E-state index in [1.807, 2.05) is 24.3 Å². The summed E-state index contributed by atoms with van der Waals surface area (Å²) < 4.78 is 27.3. The van der Waals surface area contributed by atoms with E-state index in [4.69, 9.17) is 0 Å². The van der Waals surface area contributed by atoms with Crippen molar-refractivity contribution in [3.8, 4) is 0 Å². The smallest absolute Gasteiger partial charge is 0.251 e. The van der Waals surface area contributed by atoms with E-state index in [1.54, 1.807) is 12.1 Å². The maximum Gasteiger partial charge on any atom is 0.251 e. The molecule has 1 aliphatic carbocycles. The summed E-state index contributed by atoms with van der Waals surface area (Å²) in [5.41, 5.74) is 2.19. The van der Waals surface area contributed by atoms with Crippen LogP contribution in [-0.2, 0) is 10.0 Å². The van der Waals surface area contributed by atoms with E-state index in [0.717, 1.165) is 30.3 Å². The third-order valence-corrected chi connectivity index (χ3v) is 7.06. The molecular weight excluding hydrogens is 400 g/mol. The first-order valence-corrected chi connectivity index (χ1v) is 11.7. The molecule has 30 heavy (non-hydrogen) atoms. The number of nitrogens with one attached hydrogen (secondary N) is 3. The number of carbonyl (C=O) groups is 1. The van der Waals surface area contributed by atoms with Crippen molar-refractivity contribution in [2.75, 3.05) is 0 Å². The molecule has 1 aromatic heterocycles. The molecule has 1 fully saturated rings. The van der Waals surface area contributed by atoms with Gasteiger partial charge in [-0.1, -0.05) is 32.4 Å². The lowest BCUT2D eigenvalue weighted by Crippen LogP contribution is -2.33. The third-order valence-electron chi connectivity index (χ3n) is 5.53. The number of benzene rings is 2. The van der Waals surface area contributed by atoms with Crippen LogP contribution in [0.15, 0.2) is 53.4 Å². The third kappa shape index (κ3) is 4.39. The maximum atomic E-state index is 12.9. The topological polar surface area (TPSA) is 104 Å². The molecule has 3 N–H and O–H groups in total. The van der Waals surface area contributed by atoms with Gasteiger partial charge in [0.25, 0.3) is 5.91 Å². The van der Waals surface area contributed by atoms with E-state index in [2.05, 4.69) is 33.9 Å². The minimum Gasteiger partial charge on any atom is -0.342 e. The fraction of sp³-hybridized carbons (Fsp3) is 0.364. The normalized spacial score (nSPS) is 16.3. The molecule has 1 heterocycles. The Morgan fingerprint density at radius 1 is 1.17 bits per heavy atom. The number of aromatic amines is 1. The molecule has 7 nitrogen and oxygen atoms in total. The predicted molar refractivity (Wildman–Crippen MR) is 116 cm³/mol. The highest BCUT2D eigenvalue weighted by atomic mass is 32.2. The van der Waals surface area contributed by atoms with Gasteiger partial charge >= 0.3 is 0 Å². The van der Waals surface area contributed by atoms with Crippen LogP contribution in [0.25, 0.3) is 11.0 Å². The Hall–Kier alpha value is -2.71. The Balaban J connectivity index is 1.53. The van der Waals surface area contributed by atoms with Crippen LogP contribution in [-0.4, -0.2) is 30.3 Å². The fourth-order valence-electron chi connectivity index (χ4n) is 3.33. The van der Waals surface area contributed by atoms with Gasteiger partial charge in [-0.2, -0.15) is 0 Å². The second-order valence-corrected chi connectivity index (χ2v) is 9.61. The standard InChI is InChI=1S/C22H26N4O3S/c1-3-14(2)20(21-23-18-6-4-5-7-19(18)24-21)25-22(27)15-8-12-17(13-9-15)30(28,29)26-16-10-11-16/h4-9,12-14,16,20,26H,3,10-11H2,1-2H3,(H,23,24)(H,25,27). The monoisotopic (exact) mass is 426 g/mol. The summed E-state index contributed by atoms with van der Waals surface area (Å²) in [7, 11) is -3.53.